The fraction of sp³-hybridized carbons (Fsp3) is 0.647. The second-order valence-electron chi connectivity index (χ2n) is 6.41. The highest BCUT2D eigenvalue weighted by molar-refractivity contribution is 9.10. The van der Waals surface area contributed by atoms with Crippen molar-refractivity contribution in [1.29, 1.82) is 0 Å². The number of nitrogens with zero attached hydrogens (tertiary/aromatic N) is 2. The van der Waals surface area contributed by atoms with E-state index in [9.17, 15) is 5.11 Å². The van der Waals surface area contributed by atoms with Gasteiger partial charge in [0.15, 0.2) is 0 Å². The Hall–Kier alpha value is -0.420. The lowest BCUT2D eigenvalue weighted by molar-refractivity contribution is 0.117. The molecule has 0 spiro atoms. The number of rotatable bonds is 6. The first-order chi connectivity index (χ1) is 10.0. The Morgan fingerprint density at radius 1 is 1.33 bits per heavy atom. The molecule has 0 bridgehead atoms. The van der Waals surface area contributed by atoms with Crippen LogP contribution in [0.2, 0.25) is 0 Å². The zero-order valence-corrected chi connectivity index (χ0v) is 14.7. The Balaban J connectivity index is 1.72. The number of aliphatic hydroxyl groups excluding tert-OH is 1. The molecule has 3 nitrogen and oxygen atoms in total. The van der Waals surface area contributed by atoms with Gasteiger partial charge < -0.3 is 14.9 Å². The molecule has 1 heterocycles. The zero-order chi connectivity index (χ0) is 15.2. The predicted octanol–water partition coefficient (Wildman–Crippen LogP) is 3.15. The molecule has 2 rings (SSSR count). The van der Waals surface area contributed by atoms with Crippen molar-refractivity contribution < 1.29 is 5.11 Å². The summed E-state index contributed by atoms with van der Waals surface area (Å²) in [5.41, 5.74) is 1.01. The standard InChI is InChI=1S/C17H27BrN2O/c1-19(2)13-14-6-9-20(10-7-14)11-8-17(21)15-4-3-5-16(18)12-15/h3-5,12,14,17,21H,6-11,13H2,1-2H3. The van der Waals surface area contributed by atoms with E-state index in [2.05, 4.69) is 39.8 Å². The van der Waals surface area contributed by atoms with E-state index in [1.165, 1.54) is 32.5 Å². The van der Waals surface area contributed by atoms with Gasteiger partial charge in [-0.25, -0.2) is 0 Å². The molecule has 1 aliphatic rings. The normalized spacial score (nSPS) is 19.1. The third-order valence-corrected chi connectivity index (χ3v) is 4.78. The summed E-state index contributed by atoms with van der Waals surface area (Å²) in [6.45, 7) is 4.53. The minimum absolute atomic E-state index is 0.359. The van der Waals surface area contributed by atoms with Crippen LogP contribution in [0.4, 0.5) is 0 Å². The number of hydrogen-bond acceptors (Lipinski definition) is 3. The van der Waals surface area contributed by atoms with E-state index in [0.717, 1.165) is 28.9 Å². The number of piperidine rings is 1. The van der Waals surface area contributed by atoms with Gasteiger partial charge in [-0.2, -0.15) is 0 Å². The summed E-state index contributed by atoms with van der Waals surface area (Å²) in [5, 5.41) is 10.3. The van der Waals surface area contributed by atoms with Crippen molar-refractivity contribution in [2.24, 2.45) is 5.92 Å². The Labute approximate surface area is 137 Å². The summed E-state index contributed by atoms with van der Waals surface area (Å²) in [5.74, 6) is 0.839. The second kappa shape index (κ2) is 8.28. The van der Waals surface area contributed by atoms with E-state index >= 15 is 0 Å². The average Bonchev–Trinajstić information content (AvgIpc) is 2.45. The third-order valence-electron chi connectivity index (χ3n) is 4.28. The molecular weight excluding hydrogens is 328 g/mol. The maximum absolute atomic E-state index is 10.3. The summed E-state index contributed by atoms with van der Waals surface area (Å²) in [6, 6.07) is 7.98. The molecule has 1 unspecified atom stereocenters. The quantitative estimate of drug-likeness (QED) is 0.849. The van der Waals surface area contributed by atoms with Gasteiger partial charge in [-0.1, -0.05) is 28.1 Å². The van der Waals surface area contributed by atoms with Gasteiger partial charge in [0, 0.05) is 17.6 Å². The molecule has 0 aliphatic carbocycles. The van der Waals surface area contributed by atoms with Gasteiger partial charge in [0.1, 0.15) is 0 Å². The number of aliphatic hydroxyl groups is 1. The Morgan fingerprint density at radius 2 is 2.05 bits per heavy atom. The Kier molecular flexibility index (Phi) is 6.68. The van der Waals surface area contributed by atoms with E-state index in [1.807, 2.05) is 24.3 Å². The van der Waals surface area contributed by atoms with Gasteiger partial charge in [0.2, 0.25) is 0 Å². The van der Waals surface area contributed by atoms with Crippen LogP contribution in [0.3, 0.4) is 0 Å². The van der Waals surface area contributed by atoms with E-state index in [-0.39, 0.29) is 6.10 Å². The average molecular weight is 355 g/mol. The Bertz CT molecular complexity index is 431. The zero-order valence-electron chi connectivity index (χ0n) is 13.1. The minimum Gasteiger partial charge on any atom is -0.388 e. The van der Waals surface area contributed by atoms with Gasteiger partial charge in [0.25, 0.3) is 0 Å². The largest absolute Gasteiger partial charge is 0.388 e. The minimum atomic E-state index is -0.359. The smallest absolute Gasteiger partial charge is 0.0802 e. The van der Waals surface area contributed by atoms with Gasteiger partial charge >= 0.3 is 0 Å². The molecule has 1 atom stereocenters. The molecule has 21 heavy (non-hydrogen) atoms. The van der Waals surface area contributed by atoms with E-state index < -0.39 is 0 Å². The second-order valence-corrected chi connectivity index (χ2v) is 7.32. The highest BCUT2D eigenvalue weighted by atomic mass is 79.9. The van der Waals surface area contributed by atoms with Crippen LogP contribution in [0, 0.1) is 5.92 Å². The van der Waals surface area contributed by atoms with Crippen molar-refractivity contribution in [3.8, 4) is 0 Å². The molecular formula is C17H27BrN2O. The van der Waals surface area contributed by atoms with Gasteiger partial charge in [0.05, 0.1) is 6.10 Å². The first-order valence-corrected chi connectivity index (χ1v) is 8.64. The van der Waals surface area contributed by atoms with E-state index in [0.29, 0.717) is 0 Å². The maximum atomic E-state index is 10.3. The molecule has 0 aromatic heterocycles. The molecule has 1 aliphatic heterocycles. The van der Waals surface area contributed by atoms with Crippen LogP contribution in [0.5, 0.6) is 0 Å². The van der Waals surface area contributed by atoms with Gasteiger partial charge in [-0.05, 0) is 70.1 Å². The summed E-state index contributed by atoms with van der Waals surface area (Å²) < 4.78 is 1.03. The van der Waals surface area contributed by atoms with Crippen molar-refractivity contribution in [2.75, 3.05) is 40.3 Å². The van der Waals surface area contributed by atoms with Crippen molar-refractivity contribution in [3.05, 3.63) is 34.3 Å². The summed E-state index contributed by atoms with van der Waals surface area (Å²) in [4.78, 5) is 4.78. The van der Waals surface area contributed by atoms with Crippen LogP contribution >= 0.6 is 15.9 Å². The maximum Gasteiger partial charge on any atom is 0.0802 e. The van der Waals surface area contributed by atoms with Crippen molar-refractivity contribution in [2.45, 2.75) is 25.4 Å². The lowest BCUT2D eigenvalue weighted by atomic mass is 9.96. The molecule has 1 aromatic carbocycles. The number of hydrogen-bond donors (Lipinski definition) is 1. The van der Waals surface area contributed by atoms with Gasteiger partial charge in [-0.3, -0.25) is 0 Å². The number of likely N-dealkylation sites (tertiary alicyclic amines) is 1. The van der Waals surface area contributed by atoms with Gasteiger partial charge in [-0.15, -0.1) is 0 Å². The van der Waals surface area contributed by atoms with Crippen LogP contribution in [0.15, 0.2) is 28.7 Å². The van der Waals surface area contributed by atoms with E-state index in [1.54, 1.807) is 0 Å². The molecule has 118 valence electrons. The SMILES string of the molecule is CN(C)CC1CCN(CCC(O)c2cccc(Br)c2)CC1. The third kappa shape index (κ3) is 5.70. The summed E-state index contributed by atoms with van der Waals surface area (Å²) >= 11 is 3.46. The fourth-order valence-corrected chi connectivity index (χ4v) is 3.51. The molecule has 1 N–H and O–H groups in total. The van der Waals surface area contributed by atoms with Crippen molar-refractivity contribution in [1.82, 2.24) is 9.80 Å². The summed E-state index contributed by atoms with van der Waals surface area (Å²) in [7, 11) is 4.31. The number of benzene rings is 1. The predicted molar refractivity (Wildman–Crippen MR) is 91.4 cm³/mol. The highest BCUT2D eigenvalue weighted by Crippen LogP contribution is 2.23. The van der Waals surface area contributed by atoms with Crippen LogP contribution in [0.1, 0.15) is 30.9 Å². The fourth-order valence-electron chi connectivity index (χ4n) is 3.09. The lowest BCUT2D eigenvalue weighted by Crippen LogP contribution is -2.37. The molecule has 1 aromatic rings. The monoisotopic (exact) mass is 354 g/mol. The Morgan fingerprint density at radius 3 is 2.67 bits per heavy atom. The topological polar surface area (TPSA) is 26.7 Å². The first-order valence-electron chi connectivity index (χ1n) is 7.85. The molecule has 0 radical (unpaired) electrons. The highest BCUT2D eigenvalue weighted by Gasteiger charge is 2.20. The van der Waals surface area contributed by atoms with Crippen LogP contribution < -0.4 is 0 Å². The van der Waals surface area contributed by atoms with Crippen LogP contribution in [0.25, 0.3) is 0 Å². The van der Waals surface area contributed by atoms with E-state index in [4.69, 9.17) is 0 Å². The molecule has 0 saturated carbocycles. The molecule has 1 fully saturated rings. The van der Waals surface area contributed by atoms with Crippen molar-refractivity contribution >= 4 is 15.9 Å². The molecule has 0 amide bonds. The van der Waals surface area contributed by atoms with Crippen LogP contribution in [-0.2, 0) is 0 Å². The molecule has 1 saturated heterocycles. The lowest BCUT2D eigenvalue weighted by Gasteiger charge is -2.33. The number of halogens is 1. The first kappa shape index (κ1) is 16.9. The van der Waals surface area contributed by atoms with Crippen LogP contribution in [-0.4, -0.2) is 55.2 Å². The summed E-state index contributed by atoms with van der Waals surface area (Å²) in [6.07, 6.45) is 3.02. The molecule has 4 heteroatoms. The van der Waals surface area contributed by atoms with Crippen molar-refractivity contribution in [3.63, 3.8) is 0 Å².